The van der Waals surface area contributed by atoms with Crippen LogP contribution in [0.25, 0.3) is 0 Å². The highest BCUT2D eigenvalue weighted by atomic mass is 16.1. The molecule has 0 aromatic heterocycles. The van der Waals surface area contributed by atoms with Crippen LogP contribution in [0.15, 0.2) is 24.3 Å². The molecule has 2 atom stereocenters. The number of ketones is 1. The van der Waals surface area contributed by atoms with Crippen LogP contribution < -0.4 is 5.73 Å². The van der Waals surface area contributed by atoms with E-state index in [0.29, 0.717) is 24.7 Å². The molecular weight excluding hydrogens is 234 g/mol. The fourth-order valence-electron chi connectivity index (χ4n) is 3.23. The Balaban J connectivity index is 2.06. The van der Waals surface area contributed by atoms with Gasteiger partial charge in [0, 0.05) is 18.9 Å². The molecule has 0 fully saturated rings. The Bertz CT molecular complexity index is 427. The Morgan fingerprint density at radius 2 is 2.21 bits per heavy atom. The first kappa shape index (κ1) is 14.3. The lowest BCUT2D eigenvalue weighted by atomic mass is 9.78. The summed E-state index contributed by atoms with van der Waals surface area (Å²) in [5, 5.41) is 0. The van der Waals surface area contributed by atoms with Crippen LogP contribution in [0, 0.1) is 5.92 Å². The van der Waals surface area contributed by atoms with Gasteiger partial charge >= 0.3 is 0 Å². The first-order valence-electron chi connectivity index (χ1n) is 7.56. The smallest absolute Gasteiger partial charge is 0.137 e. The van der Waals surface area contributed by atoms with Gasteiger partial charge in [-0.3, -0.25) is 4.79 Å². The molecule has 0 saturated carbocycles. The molecule has 2 N–H and O–H groups in total. The van der Waals surface area contributed by atoms with E-state index in [1.807, 2.05) is 0 Å². The van der Waals surface area contributed by atoms with Crippen LogP contribution in [-0.2, 0) is 11.2 Å². The lowest BCUT2D eigenvalue weighted by Crippen LogP contribution is -2.26. The van der Waals surface area contributed by atoms with Gasteiger partial charge in [-0.05, 0) is 42.7 Å². The largest absolute Gasteiger partial charge is 0.330 e. The second-order valence-corrected chi connectivity index (χ2v) is 5.68. The molecule has 1 aromatic carbocycles. The molecule has 0 heterocycles. The summed E-state index contributed by atoms with van der Waals surface area (Å²) < 4.78 is 0. The monoisotopic (exact) mass is 259 g/mol. The number of rotatable bonds is 6. The molecule has 104 valence electrons. The number of fused-ring (bicyclic) bond motifs is 1. The van der Waals surface area contributed by atoms with Gasteiger partial charge in [-0.15, -0.1) is 0 Å². The topological polar surface area (TPSA) is 43.1 Å². The maximum absolute atomic E-state index is 12.4. The molecule has 0 bridgehead atoms. The molecular formula is C17H25NO. The molecule has 0 saturated heterocycles. The van der Waals surface area contributed by atoms with Crippen LogP contribution in [0.1, 0.15) is 56.1 Å². The summed E-state index contributed by atoms with van der Waals surface area (Å²) in [7, 11) is 0. The normalized spacial score (nSPS) is 19.8. The predicted molar refractivity (Wildman–Crippen MR) is 79.2 cm³/mol. The van der Waals surface area contributed by atoms with Crippen molar-refractivity contribution in [2.45, 2.75) is 51.4 Å². The number of carbonyl (C=O) groups is 1. The SMILES string of the molecule is CCCC(CN)C(=O)CC1CCCc2ccccc21. The lowest BCUT2D eigenvalue weighted by Gasteiger charge is -2.26. The fourth-order valence-corrected chi connectivity index (χ4v) is 3.23. The molecule has 1 aliphatic carbocycles. The van der Waals surface area contributed by atoms with E-state index < -0.39 is 0 Å². The molecule has 2 nitrogen and oxygen atoms in total. The zero-order chi connectivity index (χ0) is 13.7. The number of Topliss-reactive ketones (excluding diaryl/α,β-unsaturated/α-hetero) is 1. The van der Waals surface area contributed by atoms with Crippen LogP contribution in [0.5, 0.6) is 0 Å². The Kier molecular flexibility index (Phi) is 5.15. The number of hydrogen-bond donors (Lipinski definition) is 1. The zero-order valence-corrected chi connectivity index (χ0v) is 11.9. The molecule has 1 aromatic rings. The van der Waals surface area contributed by atoms with E-state index in [1.54, 1.807) is 0 Å². The Labute approximate surface area is 116 Å². The summed E-state index contributed by atoms with van der Waals surface area (Å²) in [6.07, 6.45) is 6.16. The summed E-state index contributed by atoms with van der Waals surface area (Å²) in [4.78, 5) is 12.4. The van der Waals surface area contributed by atoms with Gasteiger partial charge in [0.05, 0.1) is 0 Å². The third kappa shape index (κ3) is 3.44. The van der Waals surface area contributed by atoms with E-state index in [-0.39, 0.29) is 5.92 Å². The molecule has 2 unspecified atom stereocenters. The van der Waals surface area contributed by atoms with Crippen molar-refractivity contribution >= 4 is 5.78 Å². The average molecular weight is 259 g/mol. The molecule has 2 heteroatoms. The third-order valence-corrected chi connectivity index (χ3v) is 4.32. The highest BCUT2D eigenvalue weighted by Crippen LogP contribution is 2.34. The van der Waals surface area contributed by atoms with E-state index in [1.165, 1.54) is 17.5 Å². The first-order chi connectivity index (χ1) is 9.26. The van der Waals surface area contributed by atoms with E-state index in [9.17, 15) is 4.79 Å². The fraction of sp³-hybridized carbons (Fsp3) is 0.588. The Morgan fingerprint density at radius 3 is 2.95 bits per heavy atom. The Morgan fingerprint density at radius 1 is 1.42 bits per heavy atom. The summed E-state index contributed by atoms with van der Waals surface area (Å²) in [5.74, 6) is 0.855. The molecule has 1 aliphatic rings. The van der Waals surface area contributed by atoms with Crippen molar-refractivity contribution < 1.29 is 4.79 Å². The number of aryl methyl sites for hydroxylation is 1. The van der Waals surface area contributed by atoms with Crippen molar-refractivity contribution in [3.63, 3.8) is 0 Å². The van der Waals surface area contributed by atoms with E-state index in [2.05, 4.69) is 31.2 Å². The standard InChI is InChI=1S/C17H25NO/c1-2-6-15(12-18)17(19)11-14-9-5-8-13-7-3-4-10-16(13)14/h3-4,7,10,14-15H,2,5-6,8-9,11-12,18H2,1H3. The predicted octanol–water partition coefficient (Wildman–Crippen LogP) is 3.44. The first-order valence-corrected chi connectivity index (χ1v) is 7.56. The van der Waals surface area contributed by atoms with Crippen LogP contribution in [0.4, 0.5) is 0 Å². The van der Waals surface area contributed by atoms with Gasteiger partial charge < -0.3 is 5.73 Å². The minimum absolute atomic E-state index is 0.0686. The van der Waals surface area contributed by atoms with Gasteiger partial charge in [0.15, 0.2) is 0 Å². The molecule has 19 heavy (non-hydrogen) atoms. The highest BCUT2D eigenvalue weighted by molar-refractivity contribution is 5.82. The maximum Gasteiger partial charge on any atom is 0.137 e. The molecule has 0 amide bonds. The molecule has 0 aliphatic heterocycles. The third-order valence-electron chi connectivity index (χ3n) is 4.32. The van der Waals surface area contributed by atoms with Crippen molar-refractivity contribution in [2.24, 2.45) is 11.7 Å². The van der Waals surface area contributed by atoms with Crippen molar-refractivity contribution in [1.29, 1.82) is 0 Å². The van der Waals surface area contributed by atoms with Crippen LogP contribution in [-0.4, -0.2) is 12.3 Å². The summed E-state index contributed by atoms with van der Waals surface area (Å²) in [6.45, 7) is 2.62. The summed E-state index contributed by atoms with van der Waals surface area (Å²) in [5.41, 5.74) is 8.57. The van der Waals surface area contributed by atoms with Gasteiger partial charge in [0.25, 0.3) is 0 Å². The van der Waals surface area contributed by atoms with Gasteiger partial charge in [-0.1, -0.05) is 37.6 Å². The second kappa shape index (κ2) is 6.85. The number of nitrogens with two attached hydrogens (primary N) is 1. The van der Waals surface area contributed by atoms with Crippen molar-refractivity contribution in [3.05, 3.63) is 35.4 Å². The van der Waals surface area contributed by atoms with Crippen molar-refractivity contribution in [3.8, 4) is 0 Å². The molecule has 0 radical (unpaired) electrons. The Hall–Kier alpha value is -1.15. The van der Waals surface area contributed by atoms with E-state index in [4.69, 9.17) is 5.73 Å². The minimum Gasteiger partial charge on any atom is -0.330 e. The maximum atomic E-state index is 12.4. The van der Waals surface area contributed by atoms with Crippen molar-refractivity contribution in [2.75, 3.05) is 6.54 Å². The average Bonchev–Trinajstić information content (AvgIpc) is 2.45. The van der Waals surface area contributed by atoms with E-state index in [0.717, 1.165) is 25.7 Å². The summed E-state index contributed by atoms with van der Waals surface area (Å²) >= 11 is 0. The van der Waals surface area contributed by atoms with Gasteiger partial charge in [-0.2, -0.15) is 0 Å². The molecule has 0 spiro atoms. The van der Waals surface area contributed by atoms with Gasteiger partial charge in [-0.25, -0.2) is 0 Å². The highest BCUT2D eigenvalue weighted by Gasteiger charge is 2.25. The van der Waals surface area contributed by atoms with Crippen LogP contribution in [0.2, 0.25) is 0 Å². The van der Waals surface area contributed by atoms with Crippen molar-refractivity contribution in [1.82, 2.24) is 0 Å². The number of hydrogen-bond acceptors (Lipinski definition) is 2. The van der Waals surface area contributed by atoms with Gasteiger partial charge in [0.1, 0.15) is 5.78 Å². The number of benzene rings is 1. The molecule has 2 rings (SSSR count). The zero-order valence-electron chi connectivity index (χ0n) is 11.9. The van der Waals surface area contributed by atoms with E-state index >= 15 is 0 Å². The quantitative estimate of drug-likeness (QED) is 0.850. The number of carbonyl (C=O) groups excluding carboxylic acids is 1. The van der Waals surface area contributed by atoms with Gasteiger partial charge in [0.2, 0.25) is 0 Å². The second-order valence-electron chi connectivity index (χ2n) is 5.68. The minimum atomic E-state index is 0.0686. The van der Waals surface area contributed by atoms with Crippen LogP contribution >= 0.6 is 0 Å². The lowest BCUT2D eigenvalue weighted by molar-refractivity contribution is -0.123. The van der Waals surface area contributed by atoms with Crippen LogP contribution in [0.3, 0.4) is 0 Å². The summed E-state index contributed by atoms with van der Waals surface area (Å²) in [6, 6.07) is 8.60.